The zero-order valence-electron chi connectivity index (χ0n) is 18.4. The Kier molecular flexibility index (Phi) is 10.9. The van der Waals surface area contributed by atoms with Gasteiger partial charge in [-0.2, -0.15) is 0 Å². The van der Waals surface area contributed by atoms with Crippen molar-refractivity contribution in [2.24, 2.45) is 10.9 Å². The zero-order valence-corrected chi connectivity index (χ0v) is 19.2. The van der Waals surface area contributed by atoms with Crippen LogP contribution in [0.4, 0.5) is 0 Å². The van der Waals surface area contributed by atoms with E-state index in [9.17, 15) is 0 Å². The number of hydrogen-bond acceptors (Lipinski definition) is 4. The van der Waals surface area contributed by atoms with E-state index in [-0.39, 0.29) is 0 Å². The van der Waals surface area contributed by atoms with Crippen LogP contribution in [0.1, 0.15) is 51.3 Å². The summed E-state index contributed by atoms with van der Waals surface area (Å²) >= 11 is 1.87. The summed E-state index contributed by atoms with van der Waals surface area (Å²) in [6.07, 6.45) is 4.96. The second-order valence-electron chi connectivity index (χ2n) is 7.97. The lowest BCUT2D eigenvalue weighted by Crippen LogP contribution is -2.45. The molecule has 28 heavy (non-hydrogen) atoms. The molecule has 0 amide bonds. The van der Waals surface area contributed by atoms with E-state index < -0.39 is 0 Å². The van der Waals surface area contributed by atoms with Gasteiger partial charge in [-0.15, -0.1) is 11.3 Å². The Morgan fingerprint density at radius 3 is 2.68 bits per heavy atom. The number of nitrogens with zero attached hydrogens (tertiary/aromatic N) is 3. The summed E-state index contributed by atoms with van der Waals surface area (Å²) < 4.78 is 0. The number of hydrogen-bond donors (Lipinski definition) is 2. The Bertz CT molecular complexity index is 533. The lowest BCUT2D eigenvalue weighted by molar-refractivity contribution is 0.179. The van der Waals surface area contributed by atoms with Gasteiger partial charge in [0.15, 0.2) is 5.96 Å². The van der Waals surface area contributed by atoms with Crippen molar-refractivity contribution in [3.8, 4) is 0 Å². The van der Waals surface area contributed by atoms with Crippen LogP contribution in [0.15, 0.2) is 22.5 Å². The van der Waals surface area contributed by atoms with Gasteiger partial charge < -0.3 is 15.5 Å². The van der Waals surface area contributed by atoms with Crippen LogP contribution in [-0.4, -0.2) is 68.1 Å². The Hall–Kier alpha value is -1.11. The minimum atomic E-state index is 0.453. The van der Waals surface area contributed by atoms with Crippen LogP contribution in [0.2, 0.25) is 0 Å². The maximum Gasteiger partial charge on any atom is 0.191 e. The van der Waals surface area contributed by atoms with Gasteiger partial charge in [0.1, 0.15) is 0 Å². The minimum Gasteiger partial charge on any atom is -0.356 e. The number of nitrogens with one attached hydrogen (secondary N) is 2. The fourth-order valence-electron chi connectivity index (χ4n) is 3.87. The Morgan fingerprint density at radius 1 is 1.32 bits per heavy atom. The summed E-state index contributed by atoms with van der Waals surface area (Å²) in [4.78, 5) is 11.0. The average molecular weight is 408 g/mol. The van der Waals surface area contributed by atoms with E-state index in [1.807, 2.05) is 18.4 Å². The number of guanidine groups is 1. The van der Waals surface area contributed by atoms with E-state index in [2.05, 4.69) is 63.7 Å². The molecule has 2 rings (SSSR count). The van der Waals surface area contributed by atoms with Crippen LogP contribution < -0.4 is 10.6 Å². The summed E-state index contributed by atoms with van der Waals surface area (Å²) in [6, 6.07) is 4.85. The molecule has 160 valence electrons. The predicted octanol–water partition coefficient (Wildman–Crippen LogP) is 3.64. The molecule has 1 aromatic rings. The Morgan fingerprint density at radius 2 is 2.07 bits per heavy atom. The molecular formula is C22H41N5S. The van der Waals surface area contributed by atoms with Crippen molar-refractivity contribution < 1.29 is 0 Å². The fraction of sp³-hybridized carbons (Fsp3) is 0.773. The summed E-state index contributed by atoms with van der Waals surface area (Å²) in [5.41, 5.74) is 0. The minimum absolute atomic E-state index is 0.453. The molecule has 0 saturated carbocycles. The van der Waals surface area contributed by atoms with Gasteiger partial charge in [0.05, 0.1) is 0 Å². The molecule has 0 aromatic carbocycles. The van der Waals surface area contributed by atoms with Gasteiger partial charge in [0.25, 0.3) is 0 Å². The lowest BCUT2D eigenvalue weighted by Gasteiger charge is -2.32. The SMILES string of the molecule is CCN(CC)CCCC(C)NC(=NC)NCC1CCN(Cc2cccs2)CC1. The molecule has 1 atom stereocenters. The molecular weight excluding hydrogens is 366 g/mol. The highest BCUT2D eigenvalue weighted by atomic mass is 32.1. The first-order valence-electron chi connectivity index (χ1n) is 11.1. The van der Waals surface area contributed by atoms with Crippen LogP contribution in [0.3, 0.4) is 0 Å². The van der Waals surface area contributed by atoms with Crippen molar-refractivity contribution in [1.82, 2.24) is 20.4 Å². The third-order valence-electron chi connectivity index (χ3n) is 5.84. The maximum atomic E-state index is 4.43. The molecule has 1 aromatic heterocycles. The molecule has 0 radical (unpaired) electrons. The van der Waals surface area contributed by atoms with Crippen LogP contribution in [0.25, 0.3) is 0 Å². The van der Waals surface area contributed by atoms with Crippen LogP contribution in [0.5, 0.6) is 0 Å². The summed E-state index contributed by atoms with van der Waals surface area (Å²) in [7, 11) is 1.88. The largest absolute Gasteiger partial charge is 0.356 e. The summed E-state index contributed by atoms with van der Waals surface area (Å²) in [5, 5.41) is 9.31. The molecule has 2 heterocycles. The summed E-state index contributed by atoms with van der Waals surface area (Å²) in [6.45, 7) is 14.8. The first kappa shape index (κ1) is 23.2. The van der Waals surface area contributed by atoms with E-state index in [0.29, 0.717) is 6.04 Å². The maximum absolute atomic E-state index is 4.43. The predicted molar refractivity (Wildman–Crippen MR) is 123 cm³/mol. The molecule has 1 saturated heterocycles. The average Bonchev–Trinajstić information content (AvgIpc) is 3.22. The molecule has 0 aliphatic carbocycles. The third kappa shape index (κ3) is 8.50. The van der Waals surface area contributed by atoms with Gasteiger partial charge in [0.2, 0.25) is 0 Å². The molecule has 1 unspecified atom stereocenters. The molecule has 1 aliphatic heterocycles. The van der Waals surface area contributed by atoms with E-state index in [0.717, 1.165) is 38.1 Å². The van der Waals surface area contributed by atoms with Crippen molar-refractivity contribution in [3.63, 3.8) is 0 Å². The lowest BCUT2D eigenvalue weighted by atomic mass is 9.97. The highest BCUT2D eigenvalue weighted by Crippen LogP contribution is 2.20. The van der Waals surface area contributed by atoms with Gasteiger partial charge in [-0.05, 0) is 82.7 Å². The number of aliphatic imine (C=N–C) groups is 1. The second-order valence-corrected chi connectivity index (χ2v) is 9.00. The van der Waals surface area contributed by atoms with Crippen molar-refractivity contribution in [1.29, 1.82) is 0 Å². The van der Waals surface area contributed by atoms with Crippen molar-refractivity contribution in [2.75, 3.05) is 46.3 Å². The van der Waals surface area contributed by atoms with E-state index in [4.69, 9.17) is 0 Å². The van der Waals surface area contributed by atoms with Crippen LogP contribution >= 0.6 is 11.3 Å². The van der Waals surface area contributed by atoms with Gasteiger partial charge in [-0.3, -0.25) is 9.89 Å². The van der Waals surface area contributed by atoms with Crippen LogP contribution in [0, 0.1) is 5.92 Å². The Balaban J connectivity index is 1.60. The normalized spacial score (nSPS) is 17.8. The molecule has 6 heteroatoms. The van der Waals surface area contributed by atoms with E-state index >= 15 is 0 Å². The number of rotatable bonds is 11. The van der Waals surface area contributed by atoms with Gasteiger partial charge in [-0.1, -0.05) is 19.9 Å². The number of thiophene rings is 1. The first-order chi connectivity index (χ1) is 13.6. The fourth-order valence-corrected chi connectivity index (χ4v) is 4.62. The number of piperidine rings is 1. The van der Waals surface area contributed by atoms with Gasteiger partial charge in [-0.25, -0.2) is 0 Å². The highest BCUT2D eigenvalue weighted by molar-refractivity contribution is 7.09. The highest BCUT2D eigenvalue weighted by Gasteiger charge is 2.20. The first-order valence-corrected chi connectivity index (χ1v) is 12.0. The van der Waals surface area contributed by atoms with Crippen molar-refractivity contribution in [2.45, 2.75) is 59.0 Å². The topological polar surface area (TPSA) is 42.9 Å². The van der Waals surface area contributed by atoms with Gasteiger partial charge >= 0.3 is 0 Å². The van der Waals surface area contributed by atoms with E-state index in [1.165, 1.54) is 50.2 Å². The Labute approximate surface area is 176 Å². The molecule has 1 aliphatic rings. The monoisotopic (exact) mass is 407 g/mol. The second kappa shape index (κ2) is 13.2. The number of likely N-dealkylation sites (tertiary alicyclic amines) is 1. The molecule has 5 nitrogen and oxygen atoms in total. The molecule has 0 spiro atoms. The molecule has 1 fully saturated rings. The van der Waals surface area contributed by atoms with Gasteiger partial charge in [0, 0.05) is 31.1 Å². The third-order valence-corrected chi connectivity index (χ3v) is 6.70. The standard InChI is InChI=1S/C22H41N5S/c1-5-26(6-2)13-7-9-19(3)25-22(23-4)24-17-20-11-14-27(15-12-20)18-21-10-8-16-28-21/h8,10,16,19-20H,5-7,9,11-15,17-18H2,1-4H3,(H2,23,24,25). The zero-order chi connectivity index (χ0) is 20.2. The van der Waals surface area contributed by atoms with Crippen LogP contribution in [-0.2, 0) is 6.54 Å². The quantitative estimate of drug-likeness (QED) is 0.434. The smallest absolute Gasteiger partial charge is 0.191 e. The van der Waals surface area contributed by atoms with Crippen molar-refractivity contribution >= 4 is 17.3 Å². The summed E-state index contributed by atoms with van der Waals surface area (Å²) in [5.74, 6) is 1.70. The molecule has 0 bridgehead atoms. The molecule has 2 N–H and O–H groups in total. The van der Waals surface area contributed by atoms with E-state index in [1.54, 1.807) is 0 Å². The van der Waals surface area contributed by atoms with Crippen molar-refractivity contribution in [3.05, 3.63) is 22.4 Å².